The fraction of sp³-hybridized carbons (Fsp3) is 0.231. The number of benzene rings is 1. The molecule has 0 fully saturated rings. The maximum Gasteiger partial charge on any atom is 0.244 e. The van der Waals surface area contributed by atoms with Crippen LogP contribution in [0.5, 0.6) is 5.75 Å². The minimum absolute atomic E-state index is 0.236. The third kappa shape index (κ3) is 4.39. The van der Waals surface area contributed by atoms with Gasteiger partial charge in [0, 0.05) is 24.7 Å². The van der Waals surface area contributed by atoms with Crippen LogP contribution in [0.2, 0.25) is 0 Å². The van der Waals surface area contributed by atoms with E-state index < -0.39 is 0 Å². The maximum absolute atomic E-state index is 11.7. The van der Waals surface area contributed by atoms with Crippen molar-refractivity contribution in [2.45, 2.75) is 0 Å². The summed E-state index contributed by atoms with van der Waals surface area (Å²) in [6.07, 6.45) is 2.43. The zero-order valence-corrected chi connectivity index (χ0v) is 10.2. The Labute approximate surface area is 106 Å². The van der Waals surface area contributed by atoms with Gasteiger partial charge in [0.05, 0.1) is 7.11 Å². The van der Waals surface area contributed by atoms with E-state index >= 15 is 0 Å². The number of amides is 1. The summed E-state index contributed by atoms with van der Waals surface area (Å²) in [6.45, 7) is 0.756. The summed E-state index contributed by atoms with van der Waals surface area (Å²) in [5, 5.41) is 2.53. The van der Waals surface area contributed by atoms with Crippen molar-refractivity contribution in [2.24, 2.45) is 5.73 Å². The fourth-order valence-corrected chi connectivity index (χ4v) is 1.26. The van der Waals surface area contributed by atoms with Crippen LogP contribution in [0.4, 0.5) is 0 Å². The molecule has 0 radical (unpaired) electrons. The van der Waals surface area contributed by atoms with E-state index in [-0.39, 0.29) is 11.7 Å². The largest absolute Gasteiger partial charge is 0.497 e. The number of rotatable bonds is 6. The lowest BCUT2D eigenvalue weighted by atomic mass is 10.1. The number of carbonyl (C=O) groups is 2. The first-order valence-corrected chi connectivity index (χ1v) is 5.51. The number of hydrogen-bond donors (Lipinski definition) is 2. The molecule has 1 aromatic rings. The van der Waals surface area contributed by atoms with Crippen LogP contribution < -0.4 is 15.8 Å². The maximum atomic E-state index is 11.7. The fourth-order valence-electron chi connectivity index (χ4n) is 1.26. The molecule has 1 aromatic carbocycles. The van der Waals surface area contributed by atoms with E-state index in [2.05, 4.69) is 5.32 Å². The molecule has 0 aliphatic heterocycles. The van der Waals surface area contributed by atoms with Gasteiger partial charge in [-0.2, -0.15) is 0 Å². The number of allylic oxidation sites excluding steroid dienone is 1. The highest BCUT2D eigenvalue weighted by Gasteiger charge is 2.02. The molecule has 5 nitrogen and oxygen atoms in total. The zero-order chi connectivity index (χ0) is 13.4. The monoisotopic (exact) mass is 248 g/mol. The van der Waals surface area contributed by atoms with E-state index in [1.165, 1.54) is 12.2 Å². The number of ether oxygens (including phenoxy) is 1. The van der Waals surface area contributed by atoms with Gasteiger partial charge in [-0.25, -0.2) is 0 Å². The molecule has 0 aliphatic rings. The van der Waals surface area contributed by atoms with Crippen molar-refractivity contribution < 1.29 is 14.3 Å². The second-order valence-corrected chi connectivity index (χ2v) is 3.51. The van der Waals surface area contributed by atoms with Gasteiger partial charge in [-0.3, -0.25) is 9.59 Å². The summed E-state index contributed by atoms with van der Waals surface area (Å²) in [5.41, 5.74) is 5.73. The molecular weight excluding hydrogens is 232 g/mol. The molecule has 0 aliphatic carbocycles. The smallest absolute Gasteiger partial charge is 0.244 e. The molecular formula is C13H16N2O3. The van der Waals surface area contributed by atoms with Crippen LogP contribution in [0.1, 0.15) is 10.4 Å². The molecule has 0 aromatic heterocycles. The number of nitrogens with two attached hydrogens (primary N) is 1. The van der Waals surface area contributed by atoms with Gasteiger partial charge in [-0.1, -0.05) is 0 Å². The Kier molecular flexibility index (Phi) is 5.60. The van der Waals surface area contributed by atoms with Gasteiger partial charge in [-0.05, 0) is 30.3 Å². The van der Waals surface area contributed by atoms with Crippen LogP contribution in [0, 0.1) is 0 Å². The van der Waals surface area contributed by atoms with E-state index in [0.717, 1.165) is 0 Å². The second-order valence-electron chi connectivity index (χ2n) is 3.51. The standard InChI is InChI=1S/C13H16N2O3/c1-18-11-4-2-10(3-5-11)12(16)6-7-13(17)15-9-8-14/h2-7H,8-9,14H2,1H3,(H,15,17)/b7-6+. The minimum atomic E-state index is -0.331. The number of nitrogens with one attached hydrogen (secondary N) is 1. The molecule has 0 atom stereocenters. The predicted molar refractivity (Wildman–Crippen MR) is 68.5 cm³/mol. The molecule has 96 valence electrons. The van der Waals surface area contributed by atoms with Gasteiger partial charge in [0.1, 0.15) is 5.75 Å². The van der Waals surface area contributed by atoms with Crippen LogP contribution in [0.3, 0.4) is 0 Å². The lowest BCUT2D eigenvalue weighted by Crippen LogP contribution is -2.27. The van der Waals surface area contributed by atoms with Crippen molar-refractivity contribution in [1.29, 1.82) is 0 Å². The lowest BCUT2D eigenvalue weighted by molar-refractivity contribution is -0.116. The van der Waals surface area contributed by atoms with E-state index in [4.69, 9.17) is 10.5 Å². The number of ketones is 1. The Morgan fingerprint density at radius 1 is 1.28 bits per heavy atom. The molecule has 0 saturated carbocycles. The number of methoxy groups -OCH3 is 1. The van der Waals surface area contributed by atoms with Crippen molar-refractivity contribution in [2.75, 3.05) is 20.2 Å². The van der Waals surface area contributed by atoms with Gasteiger partial charge in [-0.15, -0.1) is 0 Å². The molecule has 1 amide bonds. The SMILES string of the molecule is COc1ccc(C(=O)/C=C/C(=O)NCCN)cc1. The van der Waals surface area contributed by atoms with Crippen LogP contribution in [-0.2, 0) is 4.79 Å². The summed E-state index contributed by atoms with van der Waals surface area (Å²) in [5.74, 6) is 0.110. The highest BCUT2D eigenvalue weighted by atomic mass is 16.5. The third-order valence-corrected chi connectivity index (χ3v) is 2.20. The van der Waals surface area contributed by atoms with Crippen molar-refractivity contribution in [3.8, 4) is 5.75 Å². The molecule has 5 heteroatoms. The Hall–Kier alpha value is -2.14. The van der Waals surface area contributed by atoms with Gasteiger partial charge in [0.2, 0.25) is 5.91 Å². The van der Waals surface area contributed by atoms with Crippen LogP contribution >= 0.6 is 0 Å². The molecule has 0 saturated heterocycles. The van der Waals surface area contributed by atoms with Crippen molar-refractivity contribution in [3.05, 3.63) is 42.0 Å². The van der Waals surface area contributed by atoms with Gasteiger partial charge in [0.15, 0.2) is 5.78 Å². The van der Waals surface area contributed by atoms with Gasteiger partial charge < -0.3 is 15.8 Å². The Morgan fingerprint density at radius 2 is 1.94 bits per heavy atom. The lowest BCUT2D eigenvalue weighted by Gasteiger charge is -2.00. The van der Waals surface area contributed by atoms with Gasteiger partial charge >= 0.3 is 0 Å². The van der Waals surface area contributed by atoms with E-state index in [9.17, 15) is 9.59 Å². The summed E-state index contributed by atoms with van der Waals surface area (Å²) < 4.78 is 4.99. The molecule has 0 heterocycles. The quantitative estimate of drug-likeness (QED) is 0.567. The topological polar surface area (TPSA) is 81.4 Å². The Morgan fingerprint density at radius 3 is 2.50 bits per heavy atom. The second kappa shape index (κ2) is 7.24. The van der Waals surface area contributed by atoms with Crippen molar-refractivity contribution in [1.82, 2.24) is 5.32 Å². The summed E-state index contributed by atoms with van der Waals surface area (Å²) >= 11 is 0. The number of hydrogen-bond acceptors (Lipinski definition) is 4. The first-order chi connectivity index (χ1) is 8.67. The van der Waals surface area contributed by atoms with Crippen LogP contribution in [-0.4, -0.2) is 31.9 Å². The molecule has 0 spiro atoms. The predicted octanol–water partition coefficient (Wildman–Crippen LogP) is 0.509. The highest BCUT2D eigenvalue weighted by molar-refractivity contribution is 6.07. The van der Waals surface area contributed by atoms with E-state index in [1.807, 2.05) is 0 Å². The average Bonchev–Trinajstić information content (AvgIpc) is 2.42. The van der Waals surface area contributed by atoms with Crippen LogP contribution in [0.25, 0.3) is 0 Å². The van der Waals surface area contributed by atoms with Gasteiger partial charge in [0.25, 0.3) is 0 Å². The minimum Gasteiger partial charge on any atom is -0.497 e. The summed E-state index contributed by atoms with van der Waals surface area (Å²) in [4.78, 5) is 22.9. The summed E-state index contributed by atoms with van der Waals surface area (Å²) in [7, 11) is 1.55. The Balaban J connectivity index is 2.58. The van der Waals surface area contributed by atoms with Crippen molar-refractivity contribution in [3.63, 3.8) is 0 Å². The molecule has 1 rings (SSSR count). The first-order valence-electron chi connectivity index (χ1n) is 5.51. The summed E-state index contributed by atoms with van der Waals surface area (Å²) in [6, 6.07) is 6.66. The number of carbonyl (C=O) groups excluding carboxylic acids is 2. The van der Waals surface area contributed by atoms with Crippen LogP contribution in [0.15, 0.2) is 36.4 Å². The molecule has 0 bridgehead atoms. The average molecular weight is 248 g/mol. The third-order valence-electron chi connectivity index (χ3n) is 2.20. The molecule has 3 N–H and O–H groups in total. The highest BCUT2D eigenvalue weighted by Crippen LogP contribution is 2.11. The first kappa shape index (κ1) is 13.9. The van der Waals surface area contributed by atoms with E-state index in [0.29, 0.717) is 24.4 Å². The zero-order valence-electron chi connectivity index (χ0n) is 10.2. The molecule has 18 heavy (non-hydrogen) atoms. The van der Waals surface area contributed by atoms with E-state index in [1.54, 1.807) is 31.4 Å². The molecule has 0 unspecified atom stereocenters. The van der Waals surface area contributed by atoms with Crippen molar-refractivity contribution >= 4 is 11.7 Å². The normalized spacial score (nSPS) is 10.3. The Bertz CT molecular complexity index is 438.